The number of amides is 1. The predicted octanol–water partition coefficient (Wildman–Crippen LogP) is 0.210. The lowest BCUT2D eigenvalue weighted by Crippen LogP contribution is -2.46. The fourth-order valence-corrected chi connectivity index (χ4v) is 2.06. The molecular formula is C11H18N4O. The first-order valence-electron chi connectivity index (χ1n) is 5.69. The molecule has 88 valence electrons. The molecule has 1 aromatic heterocycles. The lowest BCUT2D eigenvalue weighted by molar-refractivity contribution is 0.0921. The van der Waals surface area contributed by atoms with Crippen LogP contribution in [0.2, 0.25) is 0 Å². The van der Waals surface area contributed by atoms with Gasteiger partial charge in [0.1, 0.15) is 5.69 Å². The van der Waals surface area contributed by atoms with E-state index in [1.807, 2.05) is 13.0 Å². The number of carbonyl (C=O) groups excluding carboxylic acids is 1. The molecule has 0 bridgehead atoms. The molecule has 1 saturated heterocycles. The van der Waals surface area contributed by atoms with E-state index < -0.39 is 0 Å². The van der Waals surface area contributed by atoms with Gasteiger partial charge in [-0.1, -0.05) is 0 Å². The Morgan fingerprint density at radius 3 is 3.06 bits per heavy atom. The van der Waals surface area contributed by atoms with Crippen molar-refractivity contribution in [1.29, 1.82) is 0 Å². The number of rotatable bonds is 2. The van der Waals surface area contributed by atoms with Gasteiger partial charge in [0.15, 0.2) is 0 Å². The summed E-state index contributed by atoms with van der Waals surface area (Å²) in [7, 11) is 1.79. The maximum atomic E-state index is 11.9. The highest BCUT2D eigenvalue weighted by molar-refractivity contribution is 5.92. The Bertz CT molecular complexity index is 379. The van der Waals surface area contributed by atoms with Crippen molar-refractivity contribution in [3.8, 4) is 0 Å². The Balaban J connectivity index is 1.99. The van der Waals surface area contributed by atoms with Crippen molar-refractivity contribution in [2.75, 3.05) is 13.1 Å². The molecule has 0 aromatic carbocycles. The summed E-state index contributed by atoms with van der Waals surface area (Å²) in [6.07, 6.45) is 2.17. The lowest BCUT2D eigenvalue weighted by Gasteiger charge is -2.23. The number of aryl methyl sites for hydroxylation is 2. The smallest absolute Gasteiger partial charge is 0.269 e. The van der Waals surface area contributed by atoms with Crippen LogP contribution in [0.15, 0.2) is 6.07 Å². The highest BCUT2D eigenvalue weighted by atomic mass is 16.2. The maximum absolute atomic E-state index is 11.9. The number of nitrogens with one attached hydrogen (secondary N) is 2. The monoisotopic (exact) mass is 222 g/mol. The van der Waals surface area contributed by atoms with E-state index in [0.717, 1.165) is 31.6 Å². The molecule has 0 saturated carbocycles. The SMILES string of the molecule is Cc1cc(C(=O)NC2CCCNC2)n(C)n1. The number of piperidine rings is 1. The van der Waals surface area contributed by atoms with E-state index in [9.17, 15) is 4.79 Å². The van der Waals surface area contributed by atoms with Crippen molar-refractivity contribution in [2.24, 2.45) is 7.05 Å². The van der Waals surface area contributed by atoms with Crippen molar-refractivity contribution in [1.82, 2.24) is 20.4 Å². The second-order valence-electron chi connectivity index (χ2n) is 4.31. The van der Waals surface area contributed by atoms with Crippen LogP contribution < -0.4 is 10.6 Å². The Morgan fingerprint density at radius 2 is 2.50 bits per heavy atom. The van der Waals surface area contributed by atoms with E-state index in [1.54, 1.807) is 11.7 Å². The molecule has 0 spiro atoms. The zero-order chi connectivity index (χ0) is 11.5. The normalized spacial score (nSPS) is 20.8. The minimum Gasteiger partial charge on any atom is -0.347 e. The summed E-state index contributed by atoms with van der Waals surface area (Å²) >= 11 is 0. The molecule has 5 heteroatoms. The van der Waals surface area contributed by atoms with E-state index in [4.69, 9.17) is 0 Å². The molecule has 0 radical (unpaired) electrons. The van der Waals surface area contributed by atoms with Gasteiger partial charge in [-0.05, 0) is 32.4 Å². The molecular weight excluding hydrogens is 204 g/mol. The Kier molecular flexibility index (Phi) is 3.24. The van der Waals surface area contributed by atoms with Crippen molar-refractivity contribution < 1.29 is 4.79 Å². The van der Waals surface area contributed by atoms with Crippen LogP contribution in [-0.2, 0) is 7.05 Å². The topological polar surface area (TPSA) is 59.0 Å². The fourth-order valence-electron chi connectivity index (χ4n) is 2.06. The van der Waals surface area contributed by atoms with Gasteiger partial charge in [-0.3, -0.25) is 9.48 Å². The number of hydrogen-bond donors (Lipinski definition) is 2. The third-order valence-electron chi connectivity index (χ3n) is 2.87. The quantitative estimate of drug-likeness (QED) is 0.752. The number of aromatic nitrogens is 2. The second-order valence-corrected chi connectivity index (χ2v) is 4.31. The molecule has 1 amide bonds. The van der Waals surface area contributed by atoms with E-state index in [-0.39, 0.29) is 11.9 Å². The van der Waals surface area contributed by atoms with Crippen LogP contribution in [-0.4, -0.2) is 34.8 Å². The zero-order valence-corrected chi connectivity index (χ0v) is 9.79. The highest BCUT2D eigenvalue weighted by Gasteiger charge is 2.18. The number of carbonyl (C=O) groups is 1. The molecule has 1 unspecified atom stereocenters. The van der Waals surface area contributed by atoms with Gasteiger partial charge in [-0.25, -0.2) is 0 Å². The van der Waals surface area contributed by atoms with Crippen LogP contribution in [0.5, 0.6) is 0 Å². The summed E-state index contributed by atoms with van der Waals surface area (Å²) in [6, 6.07) is 2.06. The largest absolute Gasteiger partial charge is 0.347 e. The molecule has 1 aliphatic rings. The fraction of sp³-hybridized carbons (Fsp3) is 0.636. The van der Waals surface area contributed by atoms with E-state index in [1.165, 1.54) is 0 Å². The average Bonchev–Trinajstić information content (AvgIpc) is 2.59. The Morgan fingerprint density at radius 1 is 1.69 bits per heavy atom. The first-order chi connectivity index (χ1) is 7.66. The van der Waals surface area contributed by atoms with Crippen LogP contribution >= 0.6 is 0 Å². The molecule has 1 atom stereocenters. The summed E-state index contributed by atoms with van der Waals surface area (Å²) in [5.41, 5.74) is 1.50. The van der Waals surface area contributed by atoms with Crippen molar-refractivity contribution in [3.05, 3.63) is 17.5 Å². The summed E-state index contributed by atoms with van der Waals surface area (Å²) in [5, 5.41) is 10.5. The number of nitrogens with zero attached hydrogens (tertiary/aromatic N) is 2. The standard InChI is InChI=1S/C11H18N4O/c1-8-6-10(15(2)14-8)11(16)13-9-4-3-5-12-7-9/h6,9,12H,3-5,7H2,1-2H3,(H,13,16). The van der Waals surface area contributed by atoms with Gasteiger partial charge in [0.2, 0.25) is 0 Å². The van der Waals surface area contributed by atoms with Crippen LogP contribution in [0.3, 0.4) is 0 Å². The highest BCUT2D eigenvalue weighted by Crippen LogP contribution is 2.05. The molecule has 2 rings (SSSR count). The van der Waals surface area contributed by atoms with Gasteiger partial charge >= 0.3 is 0 Å². The Hall–Kier alpha value is -1.36. The lowest BCUT2D eigenvalue weighted by atomic mass is 10.1. The molecule has 2 N–H and O–H groups in total. The average molecular weight is 222 g/mol. The predicted molar refractivity (Wildman–Crippen MR) is 61.3 cm³/mol. The summed E-state index contributed by atoms with van der Waals surface area (Å²) < 4.78 is 1.63. The number of hydrogen-bond acceptors (Lipinski definition) is 3. The van der Waals surface area contributed by atoms with Gasteiger partial charge in [-0.2, -0.15) is 5.10 Å². The minimum absolute atomic E-state index is 0.0307. The zero-order valence-electron chi connectivity index (χ0n) is 9.79. The first kappa shape index (κ1) is 11.1. The van der Waals surface area contributed by atoms with E-state index in [2.05, 4.69) is 15.7 Å². The van der Waals surface area contributed by atoms with Gasteiger partial charge in [0.25, 0.3) is 5.91 Å². The van der Waals surface area contributed by atoms with E-state index in [0.29, 0.717) is 5.69 Å². The van der Waals surface area contributed by atoms with Gasteiger partial charge in [-0.15, -0.1) is 0 Å². The molecule has 16 heavy (non-hydrogen) atoms. The minimum atomic E-state index is -0.0307. The van der Waals surface area contributed by atoms with Crippen LogP contribution in [0.25, 0.3) is 0 Å². The Labute approximate surface area is 95.2 Å². The van der Waals surface area contributed by atoms with Crippen molar-refractivity contribution in [2.45, 2.75) is 25.8 Å². The summed E-state index contributed by atoms with van der Waals surface area (Å²) in [6.45, 7) is 3.80. The van der Waals surface area contributed by atoms with E-state index >= 15 is 0 Å². The van der Waals surface area contributed by atoms with Crippen molar-refractivity contribution >= 4 is 5.91 Å². The molecule has 5 nitrogen and oxygen atoms in total. The van der Waals surface area contributed by atoms with Crippen molar-refractivity contribution in [3.63, 3.8) is 0 Å². The van der Waals surface area contributed by atoms with Gasteiger partial charge < -0.3 is 10.6 Å². The first-order valence-corrected chi connectivity index (χ1v) is 5.69. The van der Waals surface area contributed by atoms with Gasteiger partial charge in [0, 0.05) is 19.6 Å². The molecule has 2 heterocycles. The third-order valence-corrected chi connectivity index (χ3v) is 2.87. The molecule has 0 aliphatic carbocycles. The molecule has 1 fully saturated rings. The molecule has 1 aromatic rings. The van der Waals surface area contributed by atoms with Crippen LogP contribution in [0, 0.1) is 6.92 Å². The summed E-state index contributed by atoms with van der Waals surface area (Å²) in [5.74, 6) is -0.0307. The van der Waals surface area contributed by atoms with Crippen LogP contribution in [0.4, 0.5) is 0 Å². The summed E-state index contributed by atoms with van der Waals surface area (Å²) in [4.78, 5) is 11.9. The van der Waals surface area contributed by atoms with Gasteiger partial charge in [0.05, 0.1) is 5.69 Å². The third kappa shape index (κ3) is 2.41. The maximum Gasteiger partial charge on any atom is 0.269 e. The molecule has 1 aliphatic heterocycles. The van der Waals surface area contributed by atoms with Crippen LogP contribution in [0.1, 0.15) is 29.0 Å². The second kappa shape index (κ2) is 4.65.